The number of imide groups is 1. The zero-order chi connectivity index (χ0) is 29.2. The molecule has 3 aromatic carbocycles. The summed E-state index contributed by atoms with van der Waals surface area (Å²) in [5.41, 5.74) is 5.42. The fourth-order valence-electron chi connectivity index (χ4n) is 5.40. The van der Waals surface area contributed by atoms with Crippen molar-refractivity contribution in [2.75, 3.05) is 19.7 Å². The Labute approximate surface area is 245 Å². The van der Waals surface area contributed by atoms with Crippen LogP contribution >= 0.6 is 11.6 Å². The summed E-state index contributed by atoms with van der Waals surface area (Å²) in [5.74, 6) is -0.0813. The van der Waals surface area contributed by atoms with Crippen molar-refractivity contribution >= 4 is 29.8 Å². The Hall–Kier alpha value is -3.88. The molecule has 214 valence electrons. The van der Waals surface area contributed by atoms with Gasteiger partial charge in [0, 0.05) is 30.5 Å². The SMILES string of the molecule is CC(C)(C)OC(=O)NCc1ccc(Cl)cc1CNC(=O)[N+]1(C(=O)OCC2c3ccccc3-c3ccccc32)CCC1. The number of carbonyl (C=O) groups is 3. The van der Waals surface area contributed by atoms with E-state index in [0.29, 0.717) is 18.1 Å². The number of hydrogen-bond acceptors (Lipinski definition) is 5. The third-order valence-electron chi connectivity index (χ3n) is 7.57. The van der Waals surface area contributed by atoms with Gasteiger partial charge in [-0.25, -0.2) is 9.59 Å². The molecule has 1 heterocycles. The molecule has 1 fully saturated rings. The highest BCUT2D eigenvalue weighted by molar-refractivity contribution is 6.30. The maximum atomic E-state index is 13.4. The molecule has 41 heavy (non-hydrogen) atoms. The van der Waals surface area contributed by atoms with Gasteiger partial charge in [-0.1, -0.05) is 66.2 Å². The predicted molar refractivity (Wildman–Crippen MR) is 156 cm³/mol. The summed E-state index contributed by atoms with van der Waals surface area (Å²) in [5, 5.41) is 6.14. The highest BCUT2D eigenvalue weighted by Gasteiger charge is 2.52. The van der Waals surface area contributed by atoms with Crippen molar-refractivity contribution in [1.29, 1.82) is 0 Å². The molecule has 0 radical (unpaired) electrons. The molecule has 0 unspecified atom stereocenters. The van der Waals surface area contributed by atoms with E-state index in [1.807, 2.05) is 24.3 Å². The van der Waals surface area contributed by atoms with E-state index in [0.717, 1.165) is 39.8 Å². The van der Waals surface area contributed by atoms with Crippen molar-refractivity contribution in [2.45, 2.75) is 51.8 Å². The fraction of sp³-hybridized carbons (Fsp3) is 0.344. The first-order valence-electron chi connectivity index (χ1n) is 13.8. The monoisotopic (exact) mass is 576 g/mol. The normalized spacial score (nSPS) is 15.2. The van der Waals surface area contributed by atoms with Crippen molar-refractivity contribution in [1.82, 2.24) is 10.6 Å². The van der Waals surface area contributed by atoms with Crippen LogP contribution in [0.5, 0.6) is 0 Å². The molecule has 4 amide bonds. The molecule has 0 atom stereocenters. The molecule has 5 rings (SSSR count). The van der Waals surface area contributed by atoms with Gasteiger partial charge in [0.25, 0.3) is 0 Å². The zero-order valence-corrected chi connectivity index (χ0v) is 24.3. The highest BCUT2D eigenvalue weighted by Crippen LogP contribution is 2.44. The number of alkyl carbamates (subject to hydrolysis) is 1. The molecule has 1 aliphatic heterocycles. The number of halogens is 1. The first-order valence-corrected chi connectivity index (χ1v) is 14.2. The zero-order valence-electron chi connectivity index (χ0n) is 23.5. The molecule has 8 nitrogen and oxygen atoms in total. The number of hydrogen-bond donors (Lipinski definition) is 2. The second kappa shape index (κ2) is 11.5. The second-order valence-electron chi connectivity index (χ2n) is 11.5. The summed E-state index contributed by atoms with van der Waals surface area (Å²) in [6, 6.07) is 21.1. The third kappa shape index (κ3) is 6.09. The van der Waals surface area contributed by atoms with E-state index >= 15 is 0 Å². The maximum absolute atomic E-state index is 13.4. The third-order valence-corrected chi connectivity index (χ3v) is 7.81. The molecule has 0 bridgehead atoms. The largest absolute Gasteiger partial charge is 0.525 e. The second-order valence-corrected chi connectivity index (χ2v) is 11.9. The van der Waals surface area contributed by atoms with Crippen molar-refractivity contribution in [3.05, 3.63) is 94.0 Å². The van der Waals surface area contributed by atoms with E-state index in [-0.39, 0.29) is 25.6 Å². The van der Waals surface area contributed by atoms with Gasteiger partial charge in [0.05, 0.1) is 0 Å². The maximum Gasteiger partial charge on any atom is 0.525 e. The van der Waals surface area contributed by atoms with Crippen LogP contribution in [0, 0.1) is 0 Å². The number of rotatable bonds is 6. The fourth-order valence-corrected chi connectivity index (χ4v) is 5.59. The Bertz CT molecular complexity index is 1430. The summed E-state index contributed by atoms with van der Waals surface area (Å²) in [4.78, 5) is 39.0. The smallest absolute Gasteiger partial charge is 0.444 e. The first kappa shape index (κ1) is 28.6. The predicted octanol–water partition coefficient (Wildman–Crippen LogP) is 6.74. The van der Waals surface area contributed by atoms with Gasteiger partial charge in [-0.15, -0.1) is 4.48 Å². The molecular formula is C32H35ClN3O5+. The number of carbonyl (C=O) groups excluding carboxylic acids is 3. The van der Waals surface area contributed by atoms with Gasteiger partial charge < -0.3 is 20.1 Å². The van der Waals surface area contributed by atoms with E-state index in [2.05, 4.69) is 34.9 Å². The van der Waals surface area contributed by atoms with Gasteiger partial charge >= 0.3 is 18.2 Å². The molecular weight excluding hydrogens is 542 g/mol. The first-order chi connectivity index (χ1) is 19.6. The standard InChI is InChI=1S/C32H34ClN3O5/c1-32(2,3)41-30(38)35-18-21-13-14-23(33)17-22(21)19-34-29(37)36(15-8-16-36)31(39)40-20-28-26-11-6-4-9-24(26)25-10-5-7-12-27(25)28/h4-7,9-14,17,28H,8,15-16,18-20H2,1-3H3,(H-,34,35,37,38)/p+1. The molecule has 3 aromatic rings. The molecule has 0 saturated carbocycles. The number of nitrogens with zero attached hydrogens (tertiary/aromatic N) is 1. The minimum Gasteiger partial charge on any atom is -0.444 e. The average Bonchev–Trinajstić information content (AvgIpc) is 3.22. The quantitative estimate of drug-likeness (QED) is 0.317. The number of amides is 4. The number of urea groups is 1. The van der Waals surface area contributed by atoms with Gasteiger partial charge in [0.15, 0.2) is 0 Å². The minimum absolute atomic E-state index is 0.0813. The van der Waals surface area contributed by atoms with Crippen LogP contribution in [0.4, 0.5) is 14.4 Å². The molecule has 1 saturated heterocycles. The molecule has 0 aromatic heterocycles. The molecule has 2 aliphatic rings. The minimum atomic E-state index is -0.616. The van der Waals surface area contributed by atoms with Crippen LogP contribution in [0.1, 0.15) is 55.4 Å². The Morgan fingerprint density at radius 1 is 0.878 bits per heavy atom. The van der Waals surface area contributed by atoms with E-state index in [1.165, 1.54) is 0 Å². The van der Waals surface area contributed by atoms with Gasteiger partial charge in [-0.05, 0) is 66.3 Å². The lowest BCUT2D eigenvalue weighted by Gasteiger charge is -2.38. The lowest BCUT2D eigenvalue weighted by atomic mass is 9.98. The Morgan fingerprint density at radius 3 is 2.07 bits per heavy atom. The average molecular weight is 577 g/mol. The molecule has 1 aliphatic carbocycles. The van der Waals surface area contributed by atoms with Crippen molar-refractivity contribution < 1.29 is 28.3 Å². The van der Waals surface area contributed by atoms with Crippen LogP contribution in [0.2, 0.25) is 5.02 Å². The van der Waals surface area contributed by atoms with E-state index in [4.69, 9.17) is 21.1 Å². The lowest BCUT2D eigenvalue weighted by molar-refractivity contribution is -0.819. The summed E-state index contributed by atoms with van der Waals surface area (Å²) >= 11 is 6.23. The number of likely N-dealkylation sites (tertiary alicyclic amines) is 1. The lowest BCUT2D eigenvalue weighted by Crippen LogP contribution is -2.67. The van der Waals surface area contributed by atoms with Crippen LogP contribution in [0.3, 0.4) is 0 Å². The Kier molecular flexibility index (Phi) is 8.07. The number of quaternary nitrogens is 1. The number of benzene rings is 3. The molecule has 9 heteroatoms. The van der Waals surface area contributed by atoms with Gasteiger partial charge in [0.1, 0.15) is 25.3 Å². The highest BCUT2D eigenvalue weighted by atomic mass is 35.5. The van der Waals surface area contributed by atoms with E-state index in [9.17, 15) is 14.4 Å². The van der Waals surface area contributed by atoms with Crippen molar-refractivity contribution in [3.8, 4) is 11.1 Å². The summed E-state index contributed by atoms with van der Waals surface area (Å²) in [7, 11) is 0. The van der Waals surface area contributed by atoms with Crippen LogP contribution < -0.4 is 10.6 Å². The molecule has 2 N–H and O–H groups in total. The van der Waals surface area contributed by atoms with Gasteiger partial charge in [-0.2, -0.15) is 4.79 Å². The Balaban J connectivity index is 1.23. The summed E-state index contributed by atoms with van der Waals surface area (Å²) in [6.45, 7) is 6.64. The summed E-state index contributed by atoms with van der Waals surface area (Å²) < 4.78 is 10.8. The van der Waals surface area contributed by atoms with E-state index < -0.39 is 28.3 Å². The van der Waals surface area contributed by atoms with Crippen LogP contribution in [-0.4, -0.2) is 48.0 Å². The number of ether oxygens (including phenoxy) is 2. The number of nitrogens with one attached hydrogen (secondary N) is 2. The van der Waals surface area contributed by atoms with Crippen molar-refractivity contribution in [2.24, 2.45) is 0 Å². The number of fused-ring (bicyclic) bond motifs is 3. The van der Waals surface area contributed by atoms with Gasteiger partial charge in [0.2, 0.25) is 0 Å². The Morgan fingerprint density at radius 2 is 1.49 bits per heavy atom. The molecule has 0 spiro atoms. The van der Waals surface area contributed by atoms with Crippen LogP contribution in [-0.2, 0) is 22.6 Å². The summed E-state index contributed by atoms with van der Waals surface area (Å²) in [6.07, 6.45) is -0.337. The topological polar surface area (TPSA) is 93.7 Å². The van der Waals surface area contributed by atoms with Crippen LogP contribution in [0.15, 0.2) is 66.7 Å². The van der Waals surface area contributed by atoms with Gasteiger partial charge in [-0.3, -0.25) is 0 Å². The van der Waals surface area contributed by atoms with Crippen LogP contribution in [0.25, 0.3) is 11.1 Å². The van der Waals surface area contributed by atoms with Crippen molar-refractivity contribution in [3.63, 3.8) is 0 Å². The van der Waals surface area contributed by atoms with E-state index in [1.54, 1.807) is 39.0 Å².